The highest BCUT2D eigenvalue weighted by Gasteiger charge is 2.48. The van der Waals surface area contributed by atoms with Crippen molar-refractivity contribution in [3.63, 3.8) is 0 Å². The number of β-amino-alcohol motifs (C(OH)–C–C–N with tert-alkyl or cyclic N) is 1. The highest BCUT2D eigenvalue weighted by atomic mass is 35.5. The summed E-state index contributed by atoms with van der Waals surface area (Å²) in [6, 6.07) is 4.89. The minimum absolute atomic E-state index is 0. The number of hydrogen-bond acceptors (Lipinski definition) is 6. The molecule has 2 saturated carbocycles. The van der Waals surface area contributed by atoms with E-state index in [0.29, 0.717) is 12.1 Å². The fourth-order valence-corrected chi connectivity index (χ4v) is 2.65. The Bertz CT molecular complexity index is 778. The summed E-state index contributed by atoms with van der Waals surface area (Å²) in [5.74, 6) is -0.245. The molecule has 162 valence electrons. The van der Waals surface area contributed by atoms with Gasteiger partial charge in [-0.25, -0.2) is 0 Å². The first-order chi connectivity index (χ1) is 12.9. The molecule has 2 fully saturated rings. The molecule has 1 aromatic rings. The Morgan fingerprint density at radius 2 is 1.52 bits per heavy atom. The molecule has 0 radical (unpaired) electrons. The van der Waals surface area contributed by atoms with Crippen LogP contribution in [0.2, 0.25) is 0 Å². The number of benzene rings is 1. The lowest BCUT2D eigenvalue weighted by molar-refractivity contribution is -0.142. The monoisotopic (exact) mass is 425 g/mol. The summed E-state index contributed by atoms with van der Waals surface area (Å²) in [4.78, 5) is 24.8. The second kappa shape index (κ2) is 8.25. The van der Waals surface area contributed by atoms with Gasteiger partial charge in [0, 0.05) is 12.1 Å². The van der Waals surface area contributed by atoms with Crippen LogP contribution in [-0.2, 0) is 9.59 Å². The fraction of sp³-hybridized carbons (Fsp3) is 0.636. The van der Waals surface area contributed by atoms with Gasteiger partial charge in [-0.05, 0) is 78.0 Å². The van der Waals surface area contributed by atoms with Crippen LogP contribution in [0.1, 0.15) is 72.0 Å². The van der Waals surface area contributed by atoms with Gasteiger partial charge < -0.3 is 19.9 Å². The van der Waals surface area contributed by atoms with Crippen molar-refractivity contribution in [2.24, 2.45) is 10.8 Å². The summed E-state index contributed by atoms with van der Waals surface area (Å²) in [5, 5.41) is 13.8. The molecule has 1 aromatic carbocycles. The number of hydrogen-bond donors (Lipinski definition) is 2. The van der Waals surface area contributed by atoms with Crippen molar-refractivity contribution in [3.05, 3.63) is 23.8 Å². The summed E-state index contributed by atoms with van der Waals surface area (Å²) in [6.07, 6.45) is 2.40. The maximum absolute atomic E-state index is 12.4. The highest BCUT2D eigenvalue weighted by Crippen LogP contribution is 2.48. The van der Waals surface area contributed by atoms with E-state index >= 15 is 0 Å². The average Bonchev–Trinajstić information content (AvgIpc) is 3.53. The van der Waals surface area contributed by atoms with Crippen LogP contribution in [-0.4, -0.2) is 29.1 Å². The smallest absolute Gasteiger partial charge is 0.317 e. The topological polar surface area (TPSA) is 84.9 Å². The molecule has 2 aliphatic rings. The molecule has 7 heteroatoms. The van der Waals surface area contributed by atoms with E-state index in [2.05, 4.69) is 5.32 Å². The third-order valence-corrected chi connectivity index (χ3v) is 5.57. The van der Waals surface area contributed by atoms with E-state index in [4.69, 9.17) is 9.47 Å². The van der Waals surface area contributed by atoms with Gasteiger partial charge in [0.25, 0.3) is 0 Å². The minimum Gasteiger partial charge on any atom is -0.422 e. The largest absolute Gasteiger partial charge is 0.422 e. The Morgan fingerprint density at radius 3 is 1.97 bits per heavy atom. The summed E-state index contributed by atoms with van der Waals surface area (Å²) in [7, 11) is 0. The van der Waals surface area contributed by atoms with Gasteiger partial charge in [-0.2, -0.15) is 0 Å². The number of halogens is 1. The van der Waals surface area contributed by atoms with E-state index in [1.54, 1.807) is 18.2 Å². The first-order valence-electron chi connectivity index (χ1n) is 9.94. The van der Waals surface area contributed by atoms with Gasteiger partial charge >= 0.3 is 11.9 Å². The van der Waals surface area contributed by atoms with Gasteiger partial charge in [0.1, 0.15) is 0 Å². The predicted octanol–water partition coefficient (Wildman–Crippen LogP) is 3.94. The quantitative estimate of drug-likeness (QED) is 0.508. The number of carbonyl (C=O) groups excluding carboxylic acids is 2. The van der Waals surface area contributed by atoms with E-state index in [1.165, 1.54) is 0 Å². The number of aliphatic hydroxyl groups excluding tert-OH is 1. The van der Waals surface area contributed by atoms with Crippen molar-refractivity contribution >= 4 is 24.3 Å². The number of ether oxygens (including phenoxy) is 2. The van der Waals surface area contributed by atoms with Crippen molar-refractivity contribution < 1.29 is 24.2 Å². The highest BCUT2D eigenvalue weighted by molar-refractivity contribution is 5.85. The molecule has 0 aliphatic heterocycles. The zero-order valence-corrected chi connectivity index (χ0v) is 18.6. The maximum atomic E-state index is 12.4. The SMILES string of the molecule is CC(C)(C)NC[C@H](O)c1ccc(OC(=O)C2(C)CC2)c(OC(=O)C2(C)CC2)c1.Cl. The first-order valence-corrected chi connectivity index (χ1v) is 9.94. The van der Waals surface area contributed by atoms with Crippen molar-refractivity contribution in [2.75, 3.05) is 6.54 Å². The third kappa shape index (κ3) is 5.93. The number of nitrogens with one attached hydrogen (secondary N) is 1. The van der Waals surface area contributed by atoms with Crippen LogP contribution in [0.3, 0.4) is 0 Å². The van der Waals surface area contributed by atoms with E-state index < -0.39 is 16.9 Å². The fourth-order valence-electron chi connectivity index (χ4n) is 2.65. The Labute approximate surface area is 178 Å². The second-order valence-electron chi connectivity index (χ2n) is 9.75. The molecule has 0 bridgehead atoms. The molecule has 29 heavy (non-hydrogen) atoms. The summed E-state index contributed by atoms with van der Waals surface area (Å²) in [6.45, 7) is 10.1. The van der Waals surface area contributed by atoms with E-state index in [9.17, 15) is 14.7 Å². The Kier molecular flexibility index (Phi) is 6.72. The molecule has 0 heterocycles. The first kappa shape index (κ1) is 23.6. The van der Waals surface area contributed by atoms with Gasteiger partial charge in [-0.15, -0.1) is 12.4 Å². The molecular formula is C22H32ClNO5. The minimum atomic E-state index is -0.779. The lowest BCUT2D eigenvalue weighted by Crippen LogP contribution is -2.38. The summed E-state index contributed by atoms with van der Waals surface area (Å²) >= 11 is 0. The van der Waals surface area contributed by atoms with E-state index in [1.807, 2.05) is 34.6 Å². The van der Waals surface area contributed by atoms with Gasteiger partial charge in [0.2, 0.25) is 0 Å². The van der Waals surface area contributed by atoms with Crippen molar-refractivity contribution in [1.82, 2.24) is 5.32 Å². The van der Waals surface area contributed by atoms with Crippen LogP contribution in [0.25, 0.3) is 0 Å². The molecule has 6 nitrogen and oxygen atoms in total. The van der Waals surface area contributed by atoms with Crippen LogP contribution in [0, 0.1) is 10.8 Å². The van der Waals surface area contributed by atoms with Crippen molar-refractivity contribution in [3.8, 4) is 11.5 Å². The molecule has 2 N–H and O–H groups in total. The Morgan fingerprint density at radius 1 is 1.03 bits per heavy atom. The Hall–Kier alpha value is -1.63. The zero-order chi connectivity index (χ0) is 20.7. The normalized spacial score (nSPS) is 19.5. The number of esters is 2. The summed E-state index contributed by atoms with van der Waals surface area (Å²) in [5.41, 5.74) is -0.450. The van der Waals surface area contributed by atoms with Crippen molar-refractivity contribution in [2.45, 2.75) is 71.9 Å². The zero-order valence-electron chi connectivity index (χ0n) is 17.8. The Balaban J connectivity index is 0.00000300. The van der Waals surface area contributed by atoms with Gasteiger partial charge in [0.15, 0.2) is 11.5 Å². The molecule has 1 atom stereocenters. The molecule has 0 amide bonds. The van der Waals surface area contributed by atoms with Crippen LogP contribution in [0.4, 0.5) is 0 Å². The standard InChI is InChI=1S/C22H31NO5.ClH/c1-20(2,3)23-13-15(24)14-6-7-16(27-18(25)21(4)8-9-21)17(12-14)28-19(26)22(5)10-11-22;/h6-7,12,15,23-24H,8-11,13H2,1-5H3;1H/t15-;/m0./s1. The van der Waals surface area contributed by atoms with Gasteiger partial charge in [0.05, 0.1) is 16.9 Å². The lowest BCUT2D eigenvalue weighted by Gasteiger charge is -2.23. The maximum Gasteiger partial charge on any atom is 0.317 e. The van der Waals surface area contributed by atoms with Crippen LogP contribution in [0.15, 0.2) is 18.2 Å². The number of rotatable bonds is 7. The molecule has 0 saturated heterocycles. The average molecular weight is 426 g/mol. The van der Waals surface area contributed by atoms with E-state index in [0.717, 1.165) is 25.7 Å². The third-order valence-electron chi connectivity index (χ3n) is 5.57. The number of carbonyl (C=O) groups is 2. The van der Waals surface area contributed by atoms with E-state index in [-0.39, 0.29) is 41.4 Å². The van der Waals surface area contributed by atoms with Crippen molar-refractivity contribution in [1.29, 1.82) is 0 Å². The molecule has 0 unspecified atom stereocenters. The van der Waals surface area contributed by atoms with Crippen LogP contribution >= 0.6 is 12.4 Å². The predicted molar refractivity (Wildman–Crippen MR) is 112 cm³/mol. The second-order valence-corrected chi connectivity index (χ2v) is 9.75. The molecule has 3 rings (SSSR count). The molecular weight excluding hydrogens is 394 g/mol. The van der Waals surface area contributed by atoms with Gasteiger partial charge in [-0.3, -0.25) is 9.59 Å². The summed E-state index contributed by atoms with van der Waals surface area (Å²) < 4.78 is 11.1. The van der Waals surface area contributed by atoms with Gasteiger partial charge in [-0.1, -0.05) is 6.07 Å². The lowest BCUT2D eigenvalue weighted by atomic mass is 10.1. The number of aliphatic hydroxyl groups is 1. The molecule has 0 aromatic heterocycles. The molecule has 2 aliphatic carbocycles. The molecule has 0 spiro atoms. The van der Waals surface area contributed by atoms with Crippen LogP contribution in [0.5, 0.6) is 11.5 Å². The van der Waals surface area contributed by atoms with Crippen LogP contribution < -0.4 is 14.8 Å².